The maximum absolute atomic E-state index is 4.66. The third-order valence-electron chi connectivity index (χ3n) is 0. The van der Waals surface area contributed by atoms with E-state index in [1.807, 2.05) is 0 Å². The summed E-state index contributed by atoms with van der Waals surface area (Å²) in [5.41, 5.74) is 2.39. The van der Waals surface area contributed by atoms with Gasteiger partial charge in [0.2, 0.25) is 0 Å². The predicted molar refractivity (Wildman–Crippen MR) is 25.9 cm³/mol. The van der Waals surface area contributed by atoms with Crippen LogP contribution in [0.5, 0.6) is 0 Å². The summed E-state index contributed by atoms with van der Waals surface area (Å²) >= 11 is 0. The van der Waals surface area contributed by atoms with Gasteiger partial charge in [0.15, 0.2) is 0 Å². The van der Waals surface area contributed by atoms with Crippen molar-refractivity contribution in [2.75, 3.05) is 0 Å². The third-order valence-corrected chi connectivity index (χ3v) is 0. The van der Waals surface area contributed by atoms with Crippen molar-refractivity contribution in [2.45, 2.75) is 0 Å². The van der Waals surface area contributed by atoms with Gasteiger partial charge in [0.25, 0.3) is 0 Å². The molecule has 0 saturated heterocycles. The molecule has 0 aromatic carbocycles. The van der Waals surface area contributed by atoms with Gasteiger partial charge in [-0.15, -0.1) is 12.0 Å². The van der Waals surface area contributed by atoms with Crippen molar-refractivity contribution in [3.8, 4) is 12.0 Å². The average Bonchev–Trinajstić information content (AvgIpc) is 0.918. The van der Waals surface area contributed by atoms with E-state index in [2.05, 4.69) is 12.0 Å². The molecule has 0 unspecified atom stereocenters. The van der Waals surface area contributed by atoms with Gasteiger partial charge in [-0.1, -0.05) is 0 Å². The predicted octanol–water partition coefficient (Wildman–Crippen LogP) is -1.71. The normalized spacial score (nSPS) is 2.75. The van der Waals surface area contributed by atoms with Crippen LogP contribution < -0.4 is 0 Å². The van der Waals surface area contributed by atoms with Crippen LogP contribution in [0.15, 0.2) is 0 Å². The van der Waals surface area contributed by atoms with E-state index in [0.717, 1.165) is 10.2 Å². The number of hydrogen-bond donors (Lipinski definition) is 0. The summed E-state index contributed by atoms with van der Waals surface area (Å²) in [6.45, 7) is 0. The van der Waals surface area contributed by atoms with E-state index in [1.165, 1.54) is 0 Å². The molecular weight excluding hydrogens is 59.0 g/mol. The van der Waals surface area contributed by atoms with Gasteiger partial charge in [-0.05, 0) is 0 Å². The van der Waals surface area contributed by atoms with Crippen molar-refractivity contribution >= 4 is 29.1 Å². The summed E-state index contributed by atoms with van der Waals surface area (Å²) in [7, 11) is 0.897. The van der Waals surface area contributed by atoms with Crippen LogP contribution in [0.3, 0.4) is 0 Å². The van der Waals surface area contributed by atoms with Gasteiger partial charge in [-0.3, -0.25) is 0 Å². The first kappa shape index (κ1) is 8.83. The Morgan fingerprint density at radius 2 is 1.75 bits per heavy atom. The van der Waals surface area contributed by atoms with E-state index in [-0.39, 0.29) is 18.9 Å². The second-order valence-corrected chi connectivity index (χ2v) is 0.866. The molecule has 0 aromatic heterocycles. The maximum atomic E-state index is 4.66. The van der Waals surface area contributed by atoms with Crippen LogP contribution in [0.1, 0.15) is 0 Å². The van der Waals surface area contributed by atoms with Crippen molar-refractivity contribution in [3.05, 3.63) is 0 Å². The van der Waals surface area contributed by atoms with Gasteiger partial charge < -0.3 is 0 Å². The SMILES string of the molecule is C#C[SiH3].[LiH]. The summed E-state index contributed by atoms with van der Waals surface area (Å²) in [5, 5.41) is 0. The molecule has 0 radical (unpaired) electrons. The van der Waals surface area contributed by atoms with E-state index in [4.69, 9.17) is 0 Å². The van der Waals surface area contributed by atoms with Crippen LogP contribution in [0.2, 0.25) is 0 Å². The molecule has 0 fully saturated rings. The molecule has 0 rings (SSSR count). The molecule has 0 spiro atoms. The standard InChI is InChI=1S/C2H4Si.Li.H/c1-2-3;;/h1H,3H3;;. The van der Waals surface area contributed by atoms with Gasteiger partial charge in [-0.2, -0.15) is 0 Å². The Morgan fingerprint density at radius 1 is 1.75 bits per heavy atom. The van der Waals surface area contributed by atoms with Gasteiger partial charge in [0, 0.05) is 0 Å². The molecular formula is C2H5LiSi. The Bertz CT molecular complexity index is 27.5. The molecule has 4 heavy (non-hydrogen) atoms. The first-order valence-electron chi connectivity index (χ1n) is 0.789. The Labute approximate surface area is 41.6 Å². The van der Waals surface area contributed by atoms with Crippen LogP contribution in [0.25, 0.3) is 0 Å². The summed E-state index contributed by atoms with van der Waals surface area (Å²) in [5.74, 6) is 0. The summed E-state index contributed by atoms with van der Waals surface area (Å²) in [6.07, 6.45) is 4.66. The minimum absolute atomic E-state index is 0. The van der Waals surface area contributed by atoms with E-state index >= 15 is 0 Å². The zero-order valence-corrected chi connectivity index (χ0v) is 4.08. The van der Waals surface area contributed by atoms with E-state index in [9.17, 15) is 0 Å². The van der Waals surface area contributed by atoms with Gasteiger partial charge in [-0.25, -0.2) is 0 Å². The first-order chi connectivity index (χ1) is 1.41. The Kier molecular flexibility index (Phi) is 22.2. The van der Waals surface area contributed by atoms with Crippen molar-refractivity contribution < 1.29 is 0 Å². The Morgan fingerprint density at radius 3 is 1.75 bits per heavy atom. The van der Waals surface area contributed by atoms with Crippen LogP contribution >= 0.6 is 0 Å². The fourth-order valence-electron chi connectivity index (χ4n) is 0. The topological polar surface area (TPSA) is 0 Å². The molecule has 0 aliphatic heterocycles. The van der Waals surface area contributed by atoms with E-state index in [0.29, 0.717) is 0 Å². The fraction of sp³-hybridized carbons (Fsp3) is 0. The van der Waals surface area contributed by atoms with Crippen molar-refractivity contribution in [1.29, 1.82) is 0 Å². The molecule has 0 aliphatic rings. The summed E-state index contributed by atoms with van der Waals surface area (Å²) in [6, 6.07) is 0. The molecule has 0 amide bonds. The molecule has 0 nitrogen and oxygen atoms in total. The monoisotopic (exact) mass is 64.0 g/mol. The molecule has 0 aliphatic carbocycles. The Hall–Kier alpha value is 0.374. The molecule has 18 valence electrons. The molecule has 0 atom stereocenters. The Balaban J connectivity index is 0. The molecule has 0 aromatic rings. The van der Waals surface area contributed by atoms with Crippen LogP contribution in [-0.2, 0) is 0 Å². The number of terminal acetylenes is 1. The van der Waals surface area contributed by atoms with E-state index in [1.54, 1.807) is 0 Å². The summed E-state index contributed by atoms with van der Waals surface area (Å²) < 4.78 is 0. The summed E-state index contributed by atoms with van der Waals surface area (Å²) in [4.78, 5) is 0. The second-order valence-electron chi connectivity index (χ2n) is 0.289. The molecule has 0 heterocycles. The minimum atomic E-state index is 0. The van der Waals surface area contributed by atoms with Crippen molar-refractivity contribution in [1.82, 2.24) is 0 Å². The average molecular weight is 64.1 g/mol. The molecule has 0 bridgehead atoms. The van der Waals surface area contributed by atoms with Gasteiger partial charge in [0.1, 0.15) is 0 Å². The fourth-order valence-corrected chi connectivity index (χ4v) is 0. The van der Waals surface area contributed by atoms with Crippen molar-refractivity contribution in [2.24, 2.45) is 0 Å². The second kappa shape index (κ2) is 10.1. The van der Waals surface area contributed by atoms with Crippen LogP contribution in [-0.4, -0.2) is 29.1 Å². The van der Waals surface area contributed by atoms with Crippen LogP contribution in [0.4, 0.5) is 0 Å². The number of hydrogen-bond acceptors (Lipinski definition) is 0. The first-order valence-corrected chi connectivity index (χ1v) is 1.79. The molecule has 2 heteroatoms. The zero-order chi connectivity index (χ0) is 2.71. The van der Waals surface area contributed by atoms with E-state index < -0.39 is 0 Å². The van der Waals surface area contributed by atoms with Crippen LogP contribution in [0, 0.1) is 12.0 Å². The zero-order valence-electron chi connectivity index (χ0n) is 2.08. The quantitative estimate of drug-likeness (QED) is 0.232. The van der Waals surface area contributed by atoms with Crippen molar-refractivity contribution in [3.63, 3.8) is 0 Å². The molecule has 0 saturated carbocycles. The van der Waals surface area contributed by atoms with Gasteiger partial charge >= 0.3 is 18.9 Å². The third kappa shape index (κ3) is 32.0. The number of rotatable bonds is 0. The van der Waals surface area contributed by atoms with Gasteiger partial charge in [0.05, 0.1) is 10.2 Å². The molecule has 0 N–H and O–H groups in total.